The zero-order chi connectivity index (χ0) is 3.58. The Morgan fingerprint density at radius 1 is 1.50 bits per heavy atom. The Hall–Kier alpha value is 2.59. The first-order valence-corrected chi connectivity index (χ1v) is 1.75. The van der Waals surface area contributed by atoms with Crippen molar-refractivity contribution in [2.24, 2.45) is 0 Å². The van der Waals surface area contributed by atoms with Crippen LogP contribution in [0.1, 0.15) is 4.28 Å². The van der Waals surface area contributed by atoms with E-state index in [4.69, 9.17) is 14.4 Å². The average Bonchev–Trinajstić information content (AvgIpc) is 0.811. The van der Waals surface area contributed by atoms with E-state index in [1.165, 1.54) is 0 Å². The van der Waals surface area contributed by atoms with Crippen molar-refractivity contribution in [3.63, 3.8) is 0 Å². The third-order valence-electron chi connectivity index (χ3n) is 0. The SMILES string of the molecule is O=[P+](O)O.[Ba+2].[H-].[H-].[H-].[Na+]. The van der Waals surface area contributed by atoms with Crippen LogP contribution in [0.15, 0.2) is 0 Å². The van der Waals surface area contributed by atoms with Crippen molar-refractivity contribution in [2.75, 3.05) is 0 Å². The van der Waals surface area contributed by atoms with E-state index in [2.05, 4.69) is 0 Å². The smallest absolute Gasteiger partial charge is 1.00 e. The predicted octanol–water partition coefficient (Wildman–Crippen LogP) is -3.41. The van der Waals surface area contributed by atoms with Crippen LogP contribution in [0, 0.1) is 0 Å². The molecule has 2 N–H and O–H groups in total. The second kappa shape index (κ2) is 10.5. The maximum atomic E-state index is 8.70. The van der Waals surface area contributed by atoms with Gasteiger partial charge in [-0.15, -0.1) is 9.79 Å². The van der Waals surface area contributed by atoms with E-state index in [1.807, 2.05) is 0 Å². The van der Waals surface area contributed by atoms with Crippen LogP contribution in [0.4, 0.5) is 0 Å². The summed E-state index contributed by atoms with van der Waals surface area (Å²) in [4.78, 5) is 14.2. The summed E-state index contributed by atoms with van der Waals surface area (Å²) in [6.07, 6.45) is 0. The molecule has 0 aromatic rings. The molecule has 0 heterocycles. The minimum absolute atomic E-state index is 0. The van der Waals surface area contributed by atoms with Gasteiger partial charge in [-0.25, -0.2) is 0 Å². The molecule has 6 heteroatoms. The van der Waals surface area contributed by atoms with Crippen molar-refractivity contribution >= 4 is 57.1 Å². The van der Waals surface area contributed by atoms with E-state index in [0.29, 0.717) is 0 Å². The summed E-state index contributed by atoms with van der Waals surface area (Å²) in [5.41, 5.74) is 0. The predicted molar refractivity (Wildman–Crippen MR) is 21.1 cm³/mol. The van der Waals surface area contributed by atoms with Crippen LogP contribution in [0.5, 0.6) is 0 Å². The second-order valence-electron chi connectivity index (χ2n) is 0.253. The number of hydrogen-bond donors (Lipinski definition) is 2. The normalized spacial score (nSPS) is 4.33. The first kappa shape index (κ1) is 15.8. The molecule has 0 aliphatic rings. The van der Waals surface area contributed by atoms with Gasteiger partial charge in [0.1, 0.15) is 0 Å². The fourth-order valence-corrected chi connectivity index (χ4v) is 0. The van der Waals surface area contributed by atoms with Gasteiger partial charge in [-0.2, -0.15) is 0 Å². The van der Waals surface area contributed by atoms with Gasteiger partial charge in [0, 0.05) is 4.57 Å². The first-order valence-electron chi connectivity index (χ1n) is 0.583. The Bertz CT molecular complexity index is 42.0. The van der Waals surface area contributed by atoms with Crippen molar-refractivity contribution in [3.8, 4) is 0 Å². The Morgan fingerprint density at radius 2 is 1.50 bits per heavy atom. The Morgan fingerprint density at radius 3 is 1.50 bits per heavy atom. The molecule has 0 aromatic carbocycles. The molecular formula is H5BaNaO3P+. The van der Waals surface area contributed by atoms with Crippen LogP contribution in [-0.4, -0.2) is 58.7 Å². The Labute approximate surface area is 103 Å². The summed E-state index contributed by atoms with van der Waals surface area (Å²) in [5.74, 6) is 0. The average molecular weight is 244 g/mol. The molecule has 0 saturated heterocycles. The van der Waals surface area contributed by atoms with Gasteiger partial charge in [-0.05, 0) is 0 Å². The van der Waals surface area contributed by atoms with Crippen LogP contribution in [-0.2, 0) is 4.57 Å². The van der Waals surface area contributed by atoms with Crippen molar-refractivity contribution in [3.05, 3.63) is 0 Å². The maximum Gasteiger partial charge on any atom is 2.00 e. The molecule has 0 aliphatic heterocycles. The van der Waals surface area contributed by atoms with Crippen LogP contribution in [0.25, 0.3) is 0 Å². The largest absolute Gasteiger partial charge is 2.00 e. The first-order chi connectivity index (χ1) is 1.73. The molecule has 0 amide bonds. The molecule has 30 valence electrons. The summed E-state index contributed by atoms with van der Waals surface area (Å²) in [6, 6.07) is 0. The second-order valence-corrected chi connectivity index (χ2v) is 0.758. The summed E-state index contributed by atoms with van der Waals surface area (Å²) >= 11 is 0. The van der Waals surface area contributed by atoms with Crippen molar-refractivity contribution in [1.29, 1.82) is 0 Å². The van der Waals surface area contributed by atoms with Gasteiger partial charge in [-0.1, -0.05) is 0 Å². The van der Waals surface area contributed by atoms with E-state index < -0.39 is 8.25 Å². The third-order valence-corrected chi connectivity index (χ3v) is 0. The molecule has 0 bridgehead atoms. The standard InChI is InChI=1S/Ba.Na.HO3P.3H/c;;1-4(2)3;;;/h;;(H-,1,2,3);;;/q+2;+1;;3*-1/p+1. The molecule has 3 nitrogen and oxygen atoms in total. The minimum atomic E-state index is -2.87. The van der Waals surface area contributed by atoms with Gasteiger partial charge < -0.3 is 4.28 Å². The number of rotatable bonds is 0. The topological polar surface area (TPSA) is 57.5 Å². The van der Waals surface area contributed by atoms with E-state index in [0.717, 1.165) is 0 Å². The summed E-state index contributed by atoms with van der Waals surface area (Å²) < 4.78 is 8.70. The molecule has 0 aliphatic carbocycles. The molecular weight excluding hydrogens is 239 g/mol. The van der Waals surface area contributed by atoms with E-state index >= 15 is 0 Å². The summed E-state index contributed by atoms with van der Waals surface area (Å²) in [5, 5.41) is 0. The van der Waals surface area contributed by atoms with E-state index in [9.17, 15) is 0 Å². The molecule has 0 unspecified atom stereocenters. The molecule has 0 atom stereocenters. The summed E-state index contributed by atoms with van der Waals surface area (Å²) in [6.45, 7) is 0. The molecule has 0 spiro atoms. The van der Waals surface area contributed by atoms with Crippen LogP contribution < -0.4 is 29.6 Å². The van der Waals surface area contributed by atoms with Crippen molar-refractivity contribution in [1.82, 2.24) is 0 Å². The Balaban J connectivity index is -0.00000000450. The number of hydrogen-bond acceptors (Lipinski definition) is 1. The quantitative estimate of drug-likeness (QED) is 0.345. The Kier molecular flexibility index (Phi) is 27.8. The molecule has 0 fully saturated rings. The molecule has 6 heavy (non-hydrogen) atoms. The molecule has 0 radical (unpaired) electrons. The van der Waals surface area contributed by atoms with E-state index in [-0.39, 0.29) is 82.7 Å². The van der Waals surface area contributed by atoms with Gasteiger partial charge >= 0.3 is 86.7 Å². The maximum absolute atomic E-state index is 8.70. The molecule has 0 aromatic heterocycles. The van der Waals surface area contributed by atoms with Gasteiger partial charge in [0.15, 0.2) is 0 Å². The fourth-order valence-electron chi connectivity index (χ4n) is 0. The molecule has 0 saturated carbocycles. The van der Waals surface area contributed by atoms with Crippen LogP contribution >= 0.6 is 8.25 Å². The van der Waals surface area contributed by atoms with Crippen molar-refractivity contribution < 1.29 is 48.2 Å². The summed E-state index contributed by atoms with van der Waals surface area (Å²) in [7, 11) is -2.87. The minimum Gasteiger partial charge on any atom is -1.00 e. The monoisotopic (exact) mass is 245 g/mol. The zero-order valence-electron chi connectivity index (χ0n) is 6.46. The van der Waals surface area contributed by atoms with Gasteiger partial charge in [0.2, 0.25) is 0 Å². The van der Waals surface area contributed by atoms with Gasteiger partial charge in [0.05, 0.1) is 0 Å². The van der Waals surface area contributed by atoms with Crippen LogP contribution in [0.2, 0.25) is 0 Å². The fraction of sp³-hybridized carbons (Fsp3) is 0. The molecule has 0 rings (SSSR count). The van der Waals surface area contributed by atoms with Gasteiger partial charge in [0.25, 0.3) is 0 Å². The van der Waals surface area contributed by atoms with E-state index in [1.54, 1.807) is 0 Å². The zero-order valence-corrected chi connectivity index (χ0v) is 10.8. The van der Waals surface area contributed by atoms with Crippen molar-refractivity contribution in [2.45, 2.75) is 0 Å². The third kappa shape index (κ3) is 30.7. The van der Waals surface area contributed by atoms with Gasteiger partial charge in [-0.3, -0.25) is 0 Å². The van der Waals surface area contributed by atoms with Crippen LogP contribution in [0.3, 0.4) is 0 Å².